The summed E-state index contributed by atoms with van der Waals surface area (Å²) in [5, 5.41) is 7.31. The Morgan fingerprint density at radius 3 is 2.72 bits per heavy atom. The van der Waals surface area contributed by atoms with E-state index in [1.54, 1.807) is 10.9 Å². The Morgan fingerprint density at radius 2 is 1.96 bits per heavy atom. The van der Waals surface area contributed by atoms with E-state index in [-0.39, 0.29) is 12.3 Å². The first kappa shape index (κ1) is 16.9. The standard InChI is InChI=1S/C20H22N4O/c1-15(2)12-16-8-10-21-19(13-16)22-20(25)14-17-9-11-24(23-17)18-6-4-3-5-7-18/h3-11,13,15H,12,14H2,1-2H3,(H,21,22,25). The van der Waals surface area contributed by atoms with E-state index in [1.165, 1.54) is 5.56 Å². The van der Waals surface area contributed by atoms with E-state index in [0.29, 0.717) is 11.7 Å². The molecule has 1 amide bonds. The number of rotatable bonds is 6. The molecule has 0 radical (unpaired) electrons. The Bertz CT molecular complexity index is 840. The smallest absolute Gasteiger partial charge is 0.231 e. The number of benzene rings is 1. The van der Waals surface area contributed by atoms with E-state index in [1.807, 2.05) is 54.7 Å². The highest BCUT2D eigenvalue weighted by molar-refractivity contribution is 5.91. The summed E-state index contributed by atoms with van der Waals surface area (Å²) in [6.07, 6.45) is 4.78. The van der Waals surface area contributed by atoms with Crippen LogP contribution in [0.25, 0.3) is 5.69 Å². The number of anilines is 1. The van der Waals surface area contributed by atoms with E-state index in [4.69, 9.17) is 0 Å². The maximum atomic E-state index is 12.3. The molecule has 0 saturated carbocycles. The summed E-state index contributed by atoms with van der Waals surface area (Å²) in [4.78, 5) is 16.5. The van der Waals surface area contributed by atoms with Crippen LogP contribution >= 0.6 is 0 Å². The largest absolute Gasteiger partial charge is 0.310 e. The second kappa shape index (κ2) is 7.75. The topological polar surface area (TPSA) is 59.8 Å². The van der Waals surface area contributed by atoms with Crippen LogP contribution in [0.2, 0.25) is 0 Å². The van der Waals surface area contributed by atoms with Gasteiger partial charge in [-0.2, -0.15) is 5.10 Å². The normalized spacial score (nSPS) is 10.8. The van der Waals surface area contributed by atoms with Crippen molar-refractivity contribution in [1.82, 2.24) is 14.8 Å². The highest BCUT2D eigenvalue weighted by Crippen LogP contribution is 2.12. The average Bonchev–Trinajstić information content (AvgIpc) is 3.03. The number of nitrogens with one attached hydrogen (secondary N) is 1. The molecule has 5 nitrogen and oxygen atoms in total. The first-order valence-electron chi connectivity index (χ1n) is 8.45. The SMILES string of the molecule is CC(C)Cc1ccnc(NC(=O)Cc2ccn(-c3ccccc3)n2)c1. The van der Waals surface area contributed by atoms with Crippen molar-refractivity contribution in [3.05, 3.63) is 72.2 Å². The summed E-state index contributed by atoms with van der Waals surface area (Å²) in [5.74, 6) is 1.03. The van der Waals surface area contributed by atoms with Gasteiger partial charge in [0, 0.05) is 12.4 Å². The van der Waals surface area contributed by atoms with Crippen molar-refractivity contribution in [2.24, 2.45) is 5.92 Å². The maximum absolute atomic E-state index is 12.3. The maximum Gasteiger partial charge on any atom is 0.231 e. The van der Waals surface area contributed by atoms with Crippen LogP contribution in [0.4, 0.5) is 5.82 Å². The Balaban J connectivity index is 1.62. The lowest BCUT2D eigenvalue weighted by Crippen LogP contribution is -2.16. The van der Waals surface area contributed by atoms with Gasteiger partial charge in [-0.05, 0) is 48.2 Å². The van der Waals surface area contributed by atoms with Crippen molar-refractivity contribution >= 4 is 11.7 Å². The van der Waals surface area contributed by atoms with Crippen molar-refractivity contribution in [3.8, 4) is 5.69 Å². The molecule has 1 N–H and O–H groups in total. The molecule has 3 rings (SSSR count). The van der Waals surface area contributed by atoms with Gasteiger partial charge in [0.2, 0.25) is 5.91 Å². The zero-order chi connectivity index (χ0) is 17.6. The van der Waals surface area contributed by atoms with Gasteiger partial charge in [0.1, 0.15) is 5.82 Å². The molecule has 0 bridgehead atoms. The first-order chi connectivity index (χ1) is 12.1. The molecule has 5 heteroatoms. The number of hydrogen-bond acceptors (Lipinski definition) is 3. The first-order valence-corrected chi connectivity index (χ1v) is 8.45. The third-order valence-corrected chi connectivity index (χ3v) is 3.74. The molecule has 0 aliphatic heterocycles. The molecule has 25 heavy (non-hydrogen) atoms. The fourth-order valence-corrected chi connectivity index (χ4v) is 2.67. The van der Waals surface area contributed by atoms with Crippen LogP contribution in [0, 0.1) is 5.92 Å². The molecule has 3 aromatic rings. The fourth-order valence-electron chi connectivity index (χ4n) is 2.67. The molecule has 0 aliphatic carbocycles. The van der Waals surface area contributed by atoms with E-state index in [2.05, 4.69) is 29.2 Å². The number of pyridine rings is 1. The number of nitrogens with zero attached hydrogens (tertiary/aromatic N) is 3. The summed E-state index contributed by atoms with van der Waals surface area (Å²) in [7, 11) is 0. The number of carbonyl (C=O) groups excluding carboxylic acids is 1. The van der Waals surface area contributed by atoms with Gasteiger partial charge < -0.3 is 5.32 Å². The fraction of sp³-hybridized carbons (Fsp3) is 0.250. The molecule has 2 aromatic heterocycles. The highest BCUT2D eigenvalue weighted by atomic mass is 16.1. The molecule has 0 fully saturated rings. The molecule has 2 heterocycles. The summed E-state index contributed by atoms with van der Waals surface area (Å²) in [5.41, 5.74) is 2.87. The lowest BCUT2D eigenvalue weighted by Gasteiger charge is -2.07. The lowest BCUT2D eigenvalue weighted by molar-refractivity contribution is -0.115. The third kappa shape index (κ3) is 4.76. The average molecular weight is 334 g/mol. The molecule has 0 saturated heterocycles. The molecule has 0 unspecified atom stereocenters. The minimum atomic E-state index is -0.118. The van der Waals surface area contributed by atoms with Crippen LogP contribution < -0.4 is 5.32 Å². The Hall–Kier alpha value is -2.95. The number of para-hydroxylation sites is 1. The Morgan fingerprint density at radius 1 is 1.16 bits per heavy atom. The van der Waals surface area contributed by atoms with Gasteiger partial charge in [0.05, 0.1) is 17.8 Å². The zero-order valence-electron chi connectivity index (χ0n) is 14.5. The second-order valence-electron chi connectivity index (χ2n) is 6.46. The van der Waals surface area contributed by atoms with E-state index >= 15 is 0 Å². The molecule has 0 aliphatic rings. The molecular formula is C20H22N4O. The van der Waals surface area contributed by atoms with Gasteiger partial charge >= 0.3 is 0 Å². The molecule has 128 valence electrons. The van der Waals surface area contributed by atoms with E-state index in [9.17, 15) is 4.79 Å². The highest BCUT2D eigenvalue weighted by Gasteiger charge is 2.09. The predicted molar refractivity (Wildman–Crippen MR) is 98.7 cm³/mol. The van der Waals surface area contributed by atoms with Gasteiger partial charge in [-0.15, -0.1) is 0 Å². The van der Waals surface area contributed by atoms with Gasteiger partial charge in [0.25, 0.3) is 0 Å². The predicted octanol–water partition coefficient (Wildman–Crippen LogP) is 3.65. The molecule has 0 spiro atoms. The zero-order valence-corrected chi connectivity index (χ0v) is 14.5. The van der Waals surface area contributed by atoms with Crippen molar-refractivity contribution in [3.63, 3.8) is 0 Å². The summed E-state index contributed by atoms with van der Waals surface area (Å²) < 4.78 is 1.77. The third-order valence-electron chi connectivity index (χ3n) is 3.74. The van der Waals surface area contributed by atoms with Crippen LogP contribution in [0.1, 0.15) is 25.1 Å². The van der Waals surface area contributed by atoms with Crippen LogP contribution in [0.5, 0.6) is 0 Å². The van der Waals surface area contributed by atoms with E-state index in [0.717, 1.165) is 17.8 Å². The number of amides is 1. The van der Waals surface area contributed by atoms with Crippen molar-refractivity contribution in [2.75, 3.05) is 5.32 Å². The molecule has 0 atom stereocenters. The van der Waals surface area contributed by atoms with Crippen LogP contribution in [0.3, 0.4) is 0 Å². The Labute approximate surface area is 147 Å². The van der Waals surface area contributed by atoms with Gasteiger partial charge in [0.15, 0.2) is 0 Å². The summed E-state index contributed by atoms with van der Waals surface area (Å²) in [6.45, 7) is 4.34. The van der Waals surface area contributed by atoms with Crippen LogP contribution in [-0.4, -0.2) is 20.7 Å². The lowest BCUT2D eigenvalue weighted by atomic mass is 10.0. The van der Waals surface area contributed by atoms with Gasteiger partial charge in [-0.25, -0.2) is 9.67 Å². The molecule has 1 aromatic carbocycles. The van der Waals surface area contributed by atoms with Crippen molar-refractivity contribution in [1.29, 1.82) is 0 Å². The second-order valence-corrected chi connectivity index (χ2v) is 6.46. The minimum absolute atomic E-state index is 0.118. The monoisotopic (exact) mass is 334 g/mol. The number of hydrogen-bond donors (Lipinski definition) is 1. The summed E-state index contributed by atoms with van der Waals surface area (Å²) in [6, 6.07) is 15.6. The summed E-state index contributed by atoms with van der Waals surface area (Å²) >= 11 is 0. The van der Waals surface area contributed by atoms with Gasteiger partial charge in [-0.3, -0.25) is 4.79 Å². The minimum Gasteiger partial charge on any atom is -0.310 e. The van der Waals surface area contributed by atoms with Crippen molar-refractivity contribution in [2.45, 2.75) is 26.7 Å². The van der Waals surface area contributed by atoms with Crippen LogP contribution in [-0.2, 0) is 17.6 Å². The number of aromatic nitrogens is 3. The molecular weight excluding hydrogens is 312 g/mol. The Kier molecular flexibility index (Phi) is 5.23. The van der Waals surface area contributed by atoms with Crippen molar-refractivity contribution < 1.29 is 4.79 Å². The van der Waals surface area contributed by atoms with E-state index < -0.39 is 0 Å². The van der Waals surface area contributed by atoms with Crippen LogP contribution in [0.15, 0.2) is 60.9 Å². The number of carbonyl (C=O) groups is 1. The quantitative estimate of drug-likeness (QED) is 0.748. The van der Waals surface area contributed by atoms with Gasteiger partial charge in [-0.1, -0.05) is 32.0 Å².